The van der Waals surface area contributed by atoms with Crippen LogP contribution in [0.5, 0.6) is 0 Å². The van der Waals surface area contributed by atoms with Gasteiger partial charge in [-0.2, -0.15) is 5.10 Å². The minimum absolute atomic E-state index is 0.0561. The summed E-state index contributed by atoms with van der Waals surface area (Å²) in [6, 6.07) is 25.9. The van der Waals surface area contributed by atoms with Gasteiger partial charge in [-0.25, -0.2) is 13.1 Å². The minimum atomic E-state index is -4.12. The molecule has 2 amide bonds. The first kappa shape index (κ1) is 39.0. The quantitative estimate of drug-likeness (QED) is 0.104. The normalized spacial score (nSPS) is 20.3. The molecular formula is C41H46ClN5O6S2. The van der Waals surface area contributed by atoms with Crippen molar-refractivity contribution in [1.82, 2.24) is 20.4 Å². The lowest BCUT2D eigenvalue weighted by Gasteiger charge is -2.32. The van der Waals surface area contributed by atoms with E-state index >= 15 is 0 Å². The molecule has 2 aliphatic carbocycles. The summed E-state index contributed by atoms with van der Waals surface area (Å²) in [5.41, 5.74) is 2.71. The standard InChI is InChI=1S/C41H46ClN5O6S2/c1-27-31-22-30(42)20-21-37(31)54-41(27)55(50,51)46-38-23-34(40(49)44-33-17-9-11-19-36(33)53-26-29-14-6-3-7-15-29)47(45-38)24-39(48)43-32-16-8-10-18-35(32)52-25-28-12-4-2-5-13-28/h2-7,12-15,20-23,32-33,35-36H,8-11,16-19,24-26H2,1H3,(H,43,48)(H,44,49)(H,45,46)/t32-,33-,35-,36-/m0/s1. The molecule has 0 unspecified atom stereocenters. The van der Waals surface area contributed by atoms with E-state index in [1.165, 1.54) is 10.7 Å². The summed E-state index contributed by atoms with van der Waals surface area (Å²) in [5.74, 6) is -0.902. The fraction of sp³-hybridized carbons (Fsp3) is 0.390. The molecule has 55 heavy (non-hydrogen) atoms. The highest BCUT2D eigenvalue weighted by Gasteiger charge is 2.32. The second-order valence-electron chi connectivity index (χ2n) is 14.3. The van der Waals surface area contributed by atoms with Crippen molar-refractivity contribution in [3.05, 3.63) is 112 Å². The van der Waals surface area contributed by atoms with Crippen LogP contribution < -0.4 is 15.4 Å². The molecule has 14 heteroatoms. The monoisotopic (exact) mass is 803 g/mol. The number of carbonyl (C=O) groups is 2. The first-order valence-corrected chi connectivity index (χ1v) is 21.5. The van der Waals surface area contributed by atoms with Crippen molar-refractivity contribution in [2.45, 2.75) is 107 Å². The summed E-state index contributed by atoms with van der Waals surface area (Å²) in [4.78, 5) is 27.8. The second-order valence-corrected chi connectivity index (χ2v) is 17.7. The number of fused-ring (bicyclic) bond motifs is 1. The van der Waals surface area contributed by atoms with Crippen molar-refractivity contribution in [3.8, 4) is 0 Å². The number of rotatable bonds is 14. The summed E-state index contributed by atoms with van der Waals surface area (Å²) in [6.07, 6.45) is 6.58. The fourth-order valence-corrected chi connectivity index (χ4v) is 10.4. The molecule has 3 N–H and O–H groups in total. The molecule has 2 saturated carbocycles. The lowest BCUT2D eigenvalue weighted by Crippen LogP contribution is -2.48. The predicted molar refractivity (Wildman–Crippen MR) is 215 cm³/mol. The molecule has 2 aliphatic rings. The van der Waals surface area contributed by atoms with Crippen LogP contribution >= 0.6 is 22.9 Å². The zero-order chi connectivity index (χ0) is 38.4. The molecule has 0 spiro atoms. The Morgan fingerprint density at radius 1 is 0.818 bits per heavy atom. The first-order chi connectivity index (χ1) is 26.6. The van der Waals surface area contributed by atoms with Crippen LogP contribution in [0, 0.1) is 6.92 Å². The molecule has 290 valence electrons. The van der Waals surface area contributed by atoms with E-state index in [0.29, 0.717) is 23.8 Å². The number of nitrogens with zero attached hydrogens (tertiary/aromatic N) is 2. The molecule has 11 nitrogen and oxygen atoms in total. The van der Waals surface area contributed by atoms with E-state index in [1.54, 1.807) is 25.1 Å². The Morgan fingerprint density at radius 3 is 2.02 bits per heavy atom. The van der Waals surface area contributed by atoms with Gasteiger partial charge in [-0.1, -0.05) is 97.9 Å². The Labute approximate surface area is 330 Å². The lowest BCUT2D eigenvalue weighted by atomic mass is 9.92. The number of anilines is 1. The minimum Gasteiger partial charge on any atom is -0.371 e. The van der Waals surface area contributed by atoms with Crippen LogP contribution in [0.4, 0.5) is 5.82 Å². The number of aryl methyl sites for hydroxylation is 1. The van der Waals surface area contributed by atoms with Crippen molar-refractivity contribution in [3.63, 3.8) is 0 Å². The van der Waals surface area contributed by atoms with Crippen LogP contribution in [0.2, 0.25) is 5.02 Å². The molecule has 0 radical (unpaired) electrons. The van der Waals surface area contributed by atoms with Gasteiger partial charge in [0, 0.05) is 15.8 Å². The first-order valence-electron chi connectivity index (χ1n) is 18.8. The molecule has 3 aromatic carbocycles. The molecule has 2 heterocycles. The van der Waals surface area contributed by atoms with Gasteiger partial charge < -0.3 is 20.1 Å². The van der Waals surface area contributed by atoms with Gasteiger partial charge in [-0.05, 0) is 72.9 Å². The number of hydrogen-bond donors (Lipinski definition) is 3. The largest absolute Gasteiger partial charge is 0.371 e. The number of hydrogen-bond acceptors (Lipinski definition) is 8. The Hall–Kier alpha value is -4.27. The molecule has 7 rings (SSSR count). The summed E-state index contributed by atoms with van der Waals surface area (Å²) in [6.45, 7) is 2.29. The van der Waals surface area contributed by atoms with Crippen molar-refractivity contribution >= 4 is 60.7 Å². The SMILES string of the molecule is Cc1c(S(=O)(=O)Nc2cc(C(=O)N[C@H]3CCCC[C@@H]3OCc3ccccc3)n(CC(=O)N[C@H]3CCCC[C@@H]3OCc3ccccc3)n2)sc2ccc(Cl)cc12. The highest BCUT2D eigenvalue weighted by atomic mass is 35.5. The zero-order valence-electron chi connectivity index (χ0n) is 30.7. The van der Waals surface area contributed by atoms with E-state index < -0.39 is 15.9 Å². The number of nitrogens with one attached hydrogen (secondary N) is 3. The Kier molecular flexibility index (Phi) is 12.5. The summed E-state index contributed by atoms with van der Waals surface area (Å²) in [7, 11) is -4.12. The Morgan fingerprint density at radius 2 is 1.40 bits per heavy atom. The molecule has 2 fully saturated rings. The van der Waals surface area contributed by atoms with E-state index in [9.17, 15) is 18.0 Å². The number of benzene rings is 3. The topological polar surface area (TPSA) is 141 Å². The Balaban J connectivity index is 1.10. The van der Waals surface area contributed by atoms with Crippen molar-refractivity contribution in [2.24, 2.45) is 0 Å². The van der Waals surface area contributed by atoms with Crippen LogP contribution in [-0.4, -0.2) is 54.3 Å². The van der Waals surface area contributed by atoms with Gasteiger partial charge in [0.1, 0.15) is 16.4 Å². The van der Waals surface area contributed by atoms with Crippen LogP contribution in [0.3, 0.4) is 0 Å². The van der Waals surface area contributed by atoms with Crippen LogP contribution in [-0.2, 0) is 44.1 Å². The van der Waals surface area contributed by atoms with Crippen molar-refractivity contribution < 1.29 is 27.5 Å². The third kappa shape index (κ3) is 9.76. The van der Waals surface area contributed by atoms with E-state index in [1.807, 2.05) is 60.7 Å². The average Bonchev–Trinajstić information content (AvgIpc) is 3.74. The lowest BCUT2D eigenvalue weighted by molar-refractivity contribution is -0.124. The van der Waals surface area contributed by atoms with Gasteiger partial charge in [-0.3, -0.25) is 14.3 Å². The average molecular weight is 804 g/mol. The van der Waals surface area contributed by atoms with Gasteiger partial charge in [-0.15, -0.1) is 11.3 Å². The Bertz CT molecular complexity index is 2210. The maximum Gasteiger partial charge on any atom is 0.272 e. The number of aromatic nitrogens is 2. The third-order valence-corrected chi connectivity index (χ3v) is 13.8. The van der Waals surface area contributed by atoms with E-state index in [4.69, 9.17) is 21.1 Å². The molecule has 2 aromatic heterocycles. The number of thiophene rings is 1. The number of ether oxygens (including phenoxy) is 2. The van der Waals surface area contributed by atoms with Crippen LogP contribution in [0.1, 0.15) is 78.5 Å². The van der Waals surface area contributed by atoms with Crippen molar-refractivity contribution in [2.75, 3.05) is 4.72 Å². The van der Waals surface area contributed by atoms with Gasteiger partial charge in [0.05, 0.1) is 37.5 Å². The summed E-state index contributed by atoms with van der Waals surface area (Å²) < 4.78 is 44.9. The number of amides is 2. The molecule has 0 aliphatic heterocycles. The van der Waals surface area contributed by atoms with Crippen LogP contribution in [0.15, 0.2) is 89.1 Å². The van der Waals surface area contributed by atoms with Crippen molar-refractivity contribution in [1.29, 1.82) is 0 Å². The van der Waals surface area contributed by atoms with Gasteiger partial charge in [0.25, 0.3) is 15.9 Å². The maximum absolute atomic E-state index is 14.1. The summed E-state index contributed by atoms with van der Waals surface area (Å²) in [5, 5.41) is 12.0. The van der Waals surface area contributed by atoms with Gasteiger partial charge >= 0.3 is 0 Å². The summed E-state index contributed by atoms with van der Waals surface area (Å²) >= 11 is 7.33. The van der Waals surface area contributed by atoms with Gasteiger partial charge in [0.2, 0.25) is 5.91 Å². The fourth-order valence-electron chi connectivity index (χ4n) is 7.49. The van der Waals surface area contributed by atoms with E-state index in [0.717, 1.165) is 83.9 Å². The van der Waals surface area contributed by atoms with Crippen LogP contribution in [0.25, 0.3) is 10.1 Å². The molecule has 0 saturated heterocycles. The number of halogens is 1. The maximum atomic E-state index is 14.1. The third-order valence-electron chi connectivity index (χ3n) is 10.3. The van der Waals surface area contributed by atoms with Gasteiger partial charge in [0.15, 0.2) is 5.82 Å². The molecule has 5 aromatic rings. The highest BCUT2D eigenvalue weighted by Crippen LogP contribution is 2.36. The number of carbonyl (C=O) groups excluding carboxylic acids is 2. The van der Waals surface area contributed by atoms with E-state index in [2.05, 4.69) is 20.5 Å². The predicted octanol–water partition coefficient (Wildman–Crippen LogP) is 7.76. The molecule has 0 bridgehead atoms. The molecule has 4 atom stereocenters. The molecular weight excluding hydrogens is 758 g/mol. The second kappa shape index (κ2) is 17.7. The zero-order valence-corrected chi connectivity index (χ0v) is 33.1. The van der Waals surface area contributed by atoms with E-state index in [-0.39, 0.29) is 52.5 Å². The smallest absolute Gasteiger partial charge is 0.272 e. The highest BCUT2D eigenvalue weighted by molar-refractivity contribution is 7.94. The number of sulfonamides is 1.